The van der Waals surface area contributed by atoms with E-state index in [9.17, 15) is 0 Å². The molecule has 0 aliphatic heterocycles. The van der Waals surface area contributed by atoms with Gasteiger partial charge in [0.1, 0.15) is 0 Å². The summed E-state index contributed by atoms with van der Waals surface area (Å²) < 4.78 is 0. The molecule has 0 fully saturated rings. The van der Waals surface area contributed by atoms with Crippen LogP contribution in [-0.2, 0) is 19.2 Å². The zero-order valence-corrected chi connectivity index (χ0v) is 8.86. The van der Waals surface area contributed by atoms with Gasteiger partial charge in [-0.25, -0.2) is 0 Å². The van der Waals surface area contributed by atoms with Crippen molar-refractivity contribution in [1.82, 2.24) is 0 Å². The predicted octanol–water partition coefficient (Wildman–Crippen LogP) is -3.45. The summed E-state index contributed by atoms with van der Waals surface area (Å²) in [6, 6.07) is 0. The molecule has 0 unspecified atom stereocenters. The van der Waals surface area contributed by atoms with E-state index >= 15 is 0 Å². The molecule has 0 saturated heterocycles. The van der Waals surface area contributed by atoms with Crippen LogP contribution in [0, 0.1) is 0 Å². The van der Waals surface area contributed by atoms with Crippen molar-refractivity contribution in [3.63, 3.8) is 0 Å². The quantitative estimate of drug-likeness (QED) is 0.377. The molecule has 0 aromatic carbocycles. The van der Waals surface area contributed by atoms with E-state index in [0.29, 0.717) is 0 Å². The third-order valence-electron chi connectivity index (χ3n) is 0. The Morgan fingerprint density at radius 3 is 1.00 bits per heavy atom. The third kappa shape index (κ3) is 3990. The maximum atomic E-state index is 8.89. The molecule has 0 amide bonds. The van der Waals surface area contributed by atoms with Gasteiger partial charge in [0, 0.05) is 11.9 Å². The first-order valence-electron chi connectivity index (χ1n) is 2.22. The second-order valence-electron chi connectivity index (χ2n) is 1.07. The number of hydrogen-bond acceptors (Lipinski definition) is 6. The fourth-order valence-corrected chi connectivity index (χ4v) is 0. The summed E-state index contributed by atoms with van der Waals surface area (Å²) in [4.78, 5) is 34.0. The molecule has 0 spiro atoms. The third-order valence-corrected chi connectivity index (χ3v) is 0. The molecule has 0 N–H and O–H groups in total. The predicted molar refractivity (Wildman–Crippen MR) is 32.1 cm³/mol. The molecule has 0 aromatic heterocycles. The average molecular weight is 202 g/mol. The van der Waals surface area contributed by atoms with Gasteiger partial charge in [-0.3, -0.25) is 0 Å². The van der Waals surface area contributed by atoms with Gasteiger partial charge in [-0.15, -0.1) is 0 Å². The first kappa shape index (κ1) is 22.6. The van der Waals surface area contributed by atoms with Gasteiger partial charge in [-0.1, -0.05) is 0 Å². The minimum Gasteiger partial charge on any atom is -0.550 e. The Hall–Kier alpha value is -0.420. The van der Waals surface area contributed by atoms with Crippen molar-refractivity contribution in [2.75, 3.05) is 0 Å². The number of aliphatic carboxylic acids is 2. The van der Waals surface area contributed by atoms with E-state index in [1.54, 1.807) is 0 Å². The number of carbonyl (C=O) groups is 2. The van der Waals surface area contributed by atoms with Crippen molar-refractivity contribution in [2.45, 2.75) is 13.8 Å². The van der Waals surface area contributed by atoms with Crippen molar-refractivity contribution < 1.29 is 29.4 Å². The van der Waals surface area contributed by atoms with E-state index in [-0.39, 0.29) is 43.9 Å². The van der Waals surface area contributed by atoms with Gasteiger partial charge in [-0.2, -0.15) is 9.59 Å². The monoisotopic (exact) mass is 202 g/mol. The van der Waals surface area contributed by atoms with Crippen LogP contribution in [0.5, 0.6) is 0 Å². The van der Waals surface area contributed by atoms with Crippen LogP contribution in [0.4, 0.5) is 0 Å². The van der Waals surface area contributed by atoms with Crippen molar-refractivity contribution in [2.24, 2.45) is 0 Å². The van der Waals surface area contributed by atoms with Crippen molar-refractivity contribution in [3.8, 4) is 0 Å². The minimum absolute atomic E-state index is 0. The van der Waals surface area contributed by atoms with E-state index in [1.807, 2.05) is 0 Å². The molecule has 7 heteroatoms. The molecule has 0 aliphatic rings. The summed E-state index contributed by atoms with van der Waals surface area (Å²) in [5.74, 6) is -2.17. The van der Waals surface area contributed by atoms with E-state index in [2.05, 4.69) is 0 Å². The van der Waals surface area contributed by atoms with Crippen LogP contribution in [0.15, 0.2) is 0 Å². The summed E-state index contributed by atoms with van der Waals surface area (Å²) in [7, 11) is 0. The fraction of sp³-hybridized carbons (Fsp3) is 0.400. The van der Waals surface area contributed by atoms with E-state index in [0.717, 1.165) is 13.8 Å². The SMILES string of the molecule is CC(=O)[O-].CC(=O)[O-].O=C=O.[Ca+2]. The summed E-state index contributed by atoms with van der Waals surface area (Å²) in [5, 5.41) is 17.8. The molecule has 0 aromatic rings. The molecule has 12 heavy (non-hydrogen) atoms. The molecule has 0 aliphatic carbocycles. The van der Waals surface area contributed by atoms with Crippen LogP contribution in [0.25, 0.3) is 0 Å². The van der Waals surface area contributed by atoms with E-state index < -0.39 is 11.9 Å². The Bertz CT molecular complexity index is 128. The minimum atomic E-state index is -1.08. The summed E-state index contributed by atoms with van der Waals surface area (Å²) in [6.45, 7) is 1.94. The Morgan fingerprint density at radius 2 is 1.00 bits per heavy atom. The summed E-state index contributed by atoms with van der Waals surface area (Å²) >= 11 is 0. The zero-order chi connectivity index (χ0) is 9.86. The molecule has 0 atom stereocenters. The smallest absolute Gasteiger partial charge is 0.550 e. The average Bonchev–Trinajstić information content (AvgIpc) is 1.60. The second-order valence-corrected chi connectivity index (χ2v) is 1.07. The molecule has 0 saturated carbocycles. The molecule has 64 valence electrons. The molecular weight excluding hydrogens is 196 g/mol. The Kier molecular flexibility index (Phi) is 42.2. The van der Waals surface area contributed by atoms with E-state index in [4.69, 9.17) is 29.4 Å². The molecule has 0 heterocycles. The molecular formula is C5H6CaO6. The van der Waals surface area contributed by atoms with Crippen molar-refractivity contribution in [1.29, 1.82) is 0 Å². The van der Waals surface area contributed by atoms with Crippen LogP contribution in [-0.4, -0.2) is 55.8 Å². The zero-order valence-electron chi connectivity index (χ0n) is 6.66. The van der Waals surface area contributed by atoms with Gasteiger partial charge in [0.25, 0.3) is 0 Å². The maximum absolute atomic E-state index is 8.89. The van der Waals surface area contributed by atoms with Crippen molar-refractivity contribution in [3.05, 3.63) is 0 Å². The molecule has 0 radical (unpaired) electrons. The Balaban J connectivity index is -0.0000000389. The van der Waals surface area contributed by atoms with Gasteiger partial charge >= 0.3 is 43.9 Å². The topological polar surface area (TPSA) is 114 Å². The first-order valence-corrected chi connectivity index (χ1v) is 2.22. The van der Waals surface area contributed by atoms with Crippen LogP contribution in [0.3, 0.4) is 0 Å². The van der Waals surface area contributed by atoms with Gasteiger partial charge in [0.05, 0.1) is 0 Å². The molecule has 6 nitrogen and oxygen atoms in total. The number of carboxylic acid groups (broad SMARTS) is 2. The van der Waals surface area contributed by atoms with Gasteiger partial charge in [0.15, 0.2) is 0 Å². The van der Waals surface area contributed by atoms with Gasteiger partial charge in [0.2, 0.25) is 0 Å². The molecule has 0 rings (SSSR count). The second kappa shape index (κ2) is 22.4. The largest absolute Gasteiger partial charge is 2.00 e. The number of carbonyl (C=O) groups excluding carboxylic acids is 4. The Labute approximate surface area is 98.6 Å². The fourth-order valence-electron chi connectivity index (χ4n) is 0. The number of rotatable bonds is 0. The van der Waals surface area contributed by atoms with Crippen LogP contribution in [0.1, 0.15) is 13.8 Å². The van der Waals surface area contributed by atoms with Crippen LogP contribution in [0.2, 0.25) is 0 Å². The van der Waals surface area contributed by atoms with Crippen molar-refractivity contribution >= 4 is 55.8 Å². The maximum Gasteiger partial charge on any atom is 2.00 e. The number of hydrogen-bond donors (Lipinski definition) is 0. The first-order chi connectivity index (χ1) is 4.88. The number of carboxylic acids is 2. The standard InChI is InChI=1S/2C2H4O2.CO2.Ca/c2*1-2(3)4;2-1-3;/h2*1H3,(H,3,4);;/q;;;+2/p-2. The van der Waals surface area contributed by atoms with Crippen LogP contribution < -0.4 is 10.2 Å². The van der Waals surface area contributed by atoms with E-state index in [1.165, 1.54) is 0 Å². The normalized spacial score (nSPS) is 4.83. The van der Waals surface area contributed by atoms with Gasteiger partial charge in [-0.05, 0) is 13.8 Å². The van der Waals surface area contributed by atoms with Gasteiger partial charge < -0.3 is 19.8 Å². The van der Waals surface area contributed by atoms with Crippen LogP contribution >= 0.6 is 0 Å². The summed E-state index contributed by atoms with van der Waals surface area (Å²) in [6.07, 6.45) is 0.250. The molecule has 0 bridgehead atoms. The Morgan fingerprint density at radius 1 is 1.00 bits per heavy atom. The summed E-state index contributed by atoms with van der Waals surface area (Å²) in [5.41, 5.74) is 0.